The van der Waals surface area contributed by atoms with Crippen LogP contribution in [0.25, 0.3) is 0 Å². The number of benzene rings is 1. The smallest absolute Gasteiger partial charge is 0.254 e. The maximum atomic E-state index is 13.7. The molecule has 0 radical (unpaired) electrons. The number of halogens is 1. The van der Waals surface area contributed by atoms with Crippen molar-refractivity contribution >= 4 is 11.8 Å². The lowest BCUT2D eigenvalue weighted by atomic mass is 10.1. The van der Waals surface area contributed by atoms with Crippen LogP contribution in [0.5, 0.6) is 0 Å². The molecule has 0 atom stereocenters. The fourth-order valence-corrected chi connectivity index (χ4v) is 3.22. The van der Waals surface area contributed by atoms with Crippen molar-refractivity contribution in [2.45, 2.75) is 46.0 Å². The Morgan fingerprint density at radius 1 is 1.17 bits per heavy atom. The summed E-state index contributed by atoms with van der Waals surface area (Å²) >= 11 is 0. The van der Waals surface area contributed by atoms with Gasteiger partial charge in [0.15, 0.2) is 5.82 Å². The highest BCUT2D eigenvalue weighted by molar-refractivity contribution is 5.94. The quantitative estimate of drug-likeness (QED) is 0.742. The van der Waals surface area contributed by atoms with E-state index in [1.807, 2.05) is 13.8 Å². The molecular weight excluding hydrogens is 375 g/mol. The lowest BCUT2D eigenvalue weighted by Gasteiger charge is -2.35. The fraction of sp³-hybridized carbons (Fsp3) is 0.524. The average Bonchev–Trinajstić information content (AvgIpc) is 3.19. The van der Waals surface area contributed by atoms with E-state index in [9.17, 15) is 14.0 Å². The van der Waals surface area contributed by atoms with E-state index < -0.39 is 0 Å². The van der Waals surface area contributed by atoms with Crippen LogP contribution in [0, 0.1) is 12.7 Å². The molecule has 8 heteroatoms. The molecule has 0 unspecified atom stereocenters. The van der Waals surface area contributed by atoms with Crippen LogP contribution in [0.3, 0.4) is 0 Å². The predicted octanol–water partition coefficient (Wildman–Crippen LogP) is 2.95. The first kappa shape index (κ1) is 21.0. The highest BCUT2D eigenvalue weighted by atomic mass is 19.1. The van der Waals surface area contributed by atoms with Gasteiger partial charge in [-0.1, -0.05) is 25.1 Å². The third-order valence-corrected chi connectivity index (χ3v) is 5.12. The van der Waals surface area contributed by atoms with Gasteiger partial charge in [0.25, 0.3) is 5.91 Å². The van der Waals surface area contributed by atoms with Gasteiger partial charge in [0, 0.05) is 50.5 Å². The second kappa shape index (κ2) is 9.15. The minimum Gasteiger partial charge on any atom is -0.339 e. The summed E-state index contributed by atoms with van der Waals surface area (Å²) in [6, 6.07) is 4.52. The van der Waals surface area contributed by atoms with Gasteiger partial charge in [-0.2, -0.15) is 4.98 Å². The van der Waals surface area contributed by atoms with Crippen LogP contribution >= 0.6 is 0 Å². The van der Waals surface area contributed by atoms with E-state index in [1.54, 1.807) is 28.9 Å². The van der Waals surface area contributed by atoms with Gasteiger partial charge < -0.3 is 14.3 Å². The van der Waals surface area contributed by atoms with Gasteiger partial charge in [-0.15, -0.1) is 0 Å². The van der Waals surface area contributed by atoms with E-state index in [1.165, 1.54) is 6.07 Å². The van der Waals surface area contributed by atoms with E-state index in [-0.39, 0.29) is 23.5 Å². The van der Waals surface area contributed by atoms with Gasteiger partial charge in [-0.25, -0.2) is 4.39 Å². The monoisotopic (exact) mass is 402 g/mol. The molecule has 2 aromatic rings. The van der Waals surface area contributed by atoms with E-state index in [0.717, 1.165) is 0 Å². The second-order valence-corrected chi connectivity index (χ2v) is 7.69. The number of carbonyl (C=O) groups is 2. The van der Waals surface area contributed by atoms with Gasteiger partial charge in [0.1, 0.15) is 5.82 Å². The summed E-state index contributed by atoms with van der Waals surface area (Å²) in [7, 11) is 0. The van der Waals surface area contributed by atoms with Gasteiger partial charge >= 0.3 is 0 Å². The molecule has 0 saturated carbocycles. The Balaban J connectivity index is 1.44. The molecule has 1 aromatic carbocycles. The Morgan fingerprint density at radius 2 is 1.86 bits per heavy atom. The maximum Gasteiger partial charge on any atom is 0.254 e. The number of aryl methyl sites for hydroxylation is 2. The minimum absolute atomic E-state index is 0.0575. The van der Waals surface area contributed by atoms with Crippen LogP contribution in [0.4, 0.5) is 4.39 Å². The summed E-state index contributed by atoms with van der Waals surface area (Å²) in [5.74, 6) is 0.925. The summed E-state index contributed by atoms with van der Waals surface area (Å²) in [4.78, 5) is 32.7. The molecule has 1 aromatic heterocycles. The Labute approximate surface area is 169 Å². The van der Waals surface area contributed by atoms with Crippen molar-refractivity contribution in [1.29, 1.82) is 0 Å². The van der Waals surface area contributed by atoms with E-state index in [2.05, 4.69) is 10.1 Å². The number of amides is 2. The minimum atomic E-state index is -0.383. The lowest BCUT2D eigenvalue weighted by molar-refractivity contribution is -0.132. The van der Waals surface area contributed by atoms with Crippen molar-refractivity contribution in [2.24, 2.45) is 0 Å². The van der Waals surface area contributed by atoms with E-state index in [4.69, 9.17) is 4.52 Å². The average molecular weight is 402 g/mol. The molecule has 7 nitrogen and oxygen atoms in total. The summed E-state index contributed by atoms with van der Waals surface area (Å²) in [6.07, 6.45) is 1.61. The SMILES string of the molecule is Cc1ccc(C(=O)N2CCN(C(=O)CCCc3nc(C(C)C)no3)CC2)cc1F. The summed E-state index contributed by atoms with van der Waals surface area (Å²) in [5, 5.41) is 3.92. The third-order valence-electron chi connectivity index (χ3n) is 5.12. The largest absolute Gasteiger partial charge is 0.339 e. The highest BCUT2D eigenvalue weighted by Crippen LogP contribution is 2.15. The van der Waals surface area contributed by atoms with Crippen LogP contribution in [0.15, 0.2) is 22.7 Å². The molecule has 3 rings (SSSR count). The van der Waals surface area contributed by atoms with Gasteiger partial charge in [-0.3, -0.25) is 9.59 Å². The maximum absolute atomic E-state index is 13.7. The number of carbonyl (C=O) groups excluding carboxylic acids is 2. The van der Waals surface area contributed by atoms with Crippen molar-refractivity contribution in [3.05, 3.63) is 46.9 Å². The first-order chi connectivity index (χ1) is 13.8. The van der Waals surface area contributed by atoms with Crippen molar-refractivity contribution < 1.29 is 18.5 Å². The zero-order chi connectivity index (χ0) is 21.0. The highest BCUT2D eigenvalue weighted by Gasteiger charge is 2.25. The second-order valence-electron chi connectivity index (χ2n) is 7.69. The number of piperazine rings is 1. The molecule has 0 bridgehead atoms. The molecule has 1 saturated heterocycles. The van der Waals surface area contributed by atoms with Gasteiger partial charge in [0.2, 0.25) is 11.8 Å². The predicted molar refractivity (Wildman–Crippen MR) is 105 cm³/mol. The normalized spacial score (nSPS) is 14.5. The first-order valence-electron chi connectivity index (χ1n) is 10.0. The Morgan fingerprint density at radius 3 is 2.48 bits per heavy atom. The number of aromatic nitrogens is 2. The van der Waals surface area contributed by atoms with Crippen LogP contribution in [-0.4, -0.2) is 57.9 Å². The van der Waals surface area contributed by atoms with Crippen LogP contribution in [-0.2, 0) is 11.2 Å². The molecule has 1 aliphatic rings. The van der Waals surface area contributed by atoms with Crippen LogP contribution in [0.1, 0.15) is 60.2 Å². The molecule has 2 amide bonds. The molecule has 0 aliphatic carbocycles. The summed E-state index contributed by atoms with van der Waals surface area (Å²) in [5.41, 5.74) is 0.853. The van der Waals surface area contributed by atoms with Crippen molar-refractivity contribution in [3.63, 3.8) is 0 Å². The van der Waals surface area contributed by atoms with Gasteiger partial charge in [-0.05, 0) is 31.0 Å². The molecular formula is C21H27FN4O3. The Hall–Kier alpha value is -2.77. The number of hydrogen-bond acceptors (Lipinski definition) is 5. The lowest BCUT2D eigenvalue weighted by Crippen LogP contribution is -2.50. The number of nitrogens with zero attached hydrogens (tertiary/aromatic N) is 4. The molecule has 29 heavy (non-hydrogen) atoms. The summed E-state index contributed by atoms with van der Waals surface area (Å²) < 4.78 is 18.9. The Kier molecular flexibility index (Phi) is 6.61. The van der Waals surface area contributed by atoms with Crippen molar-refractivity contribution in [3.8, 4) is 0 Å². The number of hydrogen-bond donors (Lipinski definition) is 0. The third kappa shape index (κ3) is 5.19. The number of rotatable bonds is 6. The van der Waals surface area contributed by atoms with Gasteiger partial charge in [0.05, 0.1) is 0 Å². The first-order valence-corrected chi connectivity index (χ1v) is 10.0. The summed E-state index contributed by atoms with van der Waals surface area (Å²) in [6.45, 7) is 7.52. The van der Waals surface area contributed by atoms with Crippen molar-refractivity contribution in [2.75, 3.05) is 26.2 Å². The molecule has 156 valence electrons. The fourth-order valence-electron chi connectivity index (χ4n) is 3.22. The molecule has 0 spiro atoms. The van der Waals surface area contributed by atoms with Crippen LogP contribution < -0.4 is 0 Å². The topological polar surface area (TPSA) is 79.5 Å². The van der Waals surface area contributed by atoms with Crippen LogP contribution in [0.2, 0.25) is 0 Å². The van der Waals surface area contributed by atoms with E-state index >= 15 is 0 Å². The zero-order valence-electron chi connectivity index (χ0n) is 17.2. The molecule has 2 heterocycles. The molecule has 1 fully saturated rings. The standard InChI is InChI=1S/C21H27FN4O3/c1-14(2)20-23-18(29-24-20)5-4-6-19(27)25-9-11-26(12-10-25)21(28)16-8-7-15(3)17(22)13-16/h7-8,13-14H,4-6,9-12H2,1-3H3. The van der Waals surface area contributed by atoms with Crippen molar-refractivity contribution in [1.82, 2.24) is 19.9 Å². The molecule has 1 aliphatic heterocycles. The molecule has 0 N–H and O–H groups in total. The Bertz CT molecular complexity index is 873. The zero-order valence-corrected chi connectivity index (χ0v) is 17.2. The van der Waals surface area contributed by atoms with E-state index in [0.29, 0.717) is 68.3 Å².